The van der Waals surface area contributed by atoms with Gasteiger partial charge in [0.05, 0.1) is 18.7 Å². The number of amides is 2. The lowest BCUT2D eigenvalue weighted by atomic mass is 10.0. The van der Waals surface area contributed by atoms with Crippen LogP contribution in [-0.2, 0) is 16.1 Å². The summed E-state index contributed by atoms with van der Waals surface area (Å²) in [5.41, 5.74) is 0.909. The van der Waals surface area contributed by atoms with Gasteiger partial charge < -0.3 is 24.8 Å². The molecule has 1 aliphatic heterocycles. The van der Waals surface area contributed by atoms with Gasteiger partial charge in [-0.25, -0.2) is 9.59 Å². The topological polar surface area (TPSA) is 88.1 Å². The van der Waals surface area contributed by atoms with Crippen molar-refractivity contribution < 1.29 is 24.2 Å². The Morgan fingerprint density at radius 1 is 1.33 bits per heavy atom. The van der Waals surface area contributed by atoms with Crippen molar-refractivity contribution in [3.05, 3.63) is 35.9 Å². The number of piperidine rings is 1. The van der Waals surface area contributed by atoms with E-state index in [1.807, 2.05) is 37.3 Å². The monoisotopic (exact) mass is 336 g/mol. The van der Waals surface area contributed by atoms with Crippen molar-refractivity contribution in [3.8, 4) is 0 Å². The number of alkyl carbamates (subject to hydrolysis) is 1. The number of likely N-dealkylation sites (tertiary alicyclic amines) is 1. The SMILES string of the molecule is CCCOC1CN(C(=O)O)CCC1NC(=O)OCc1ccccc1. The summed E-state index contributed by atoms with van der Waals surface area (Å²) in [4.78, 5) is 24.4. The molecule has 1 aliphatic rings. The van der Waals surface area contributed by atoms with Crippen molar-refractivity contribution in [2.24, 2.45) is 0 Å². The summed E-state index contributed by atoms with van der Waals surface area (Å²) in [7, 11) is 0. The van der Waals surface area contributed by atoms with Crippen LogP contribution in [0.5, 0.6) is 0 Å². The summed E-state index contributed by atoms with van der Waals surface area (Å²) in [5, 5.41) is 11.9. The van der Waals surface area contributed by atoms with E-state index in [1.165, 1.54) is 4.90 Å². The number of carbonyl (C=O) groups is 2. The summed E-state index contributed by atoms with van der Waals surface area (Å²) in [6.07, 6.45) is -0.516. The molecule has 0 aromatic heterocycles. The molecule has 1 saturated heterocycles. The summed E-state index contributed by atoms with van der Waals surface area (Å²) in [6, 6.07) is 9.17. The standard InChI is InChI=1S/C17H24N2O5/c1-2-10-23-15-11-19(17(21)22)9-8-14(15)18-16(20)24-12-13-6-4-3-5-7-13/h3-7,14-15H,2,8-12H2,1H3,(H,18,20)(H,21,22). The maximum absolute atomic E-state index is 12.0. The molecule has 2 atom stereocenters. The van der Waals surface area contributed by atoms with Crippen LogP contribution in [0.2, 0.25) is 0 Å². The first-order chi connectivity index (χ1) is 11.6. The fourth-order valence-electron chi connectivity index (χ4n) is 2.61. The van der Waals surface area contributed by atoms with Gasteiger partial charge in [-0.1, -0.05) is 37.3 Å². The summed E-state index contributed by atoms with van der Waals surface area (Å²) < 4.78 is 10.9. The van der Waals surface area contributed by atoms with E-state index in [0.717, 1.165) is 12.0 Å². The van der Waals surface area contributed by atoms with Crippen molar-refractivity contribution in [1.82, 2.24) is 10.2 Å². The second-order valence-electron chi connectivity index (χ2n) is 5.74. The predicted octanol–water partition coefficient (Wildman–Crippen LogP) is 2.46. The number of nitrogens with one attached hydrogen (secondary N) is 1. The zero-order valence-corrected chi connectivity index (χ0v) is 13.8. The Labute approximate surface area is 141 Å². The Morgan fingerprint density at radius 2 is 2.08 bits per heavy atom. The van der Waals surface area contributed by atoms with E-state index < -0.39 is 12.2 Å². The number of hydrogen-bond donors (Lipinski definition) is 2. The van der Waals surface area contributed by atoms with Crippen LogP contribution in [0.25, 0.3) is 0 Å². The molecule has 2 N–H and O–H groups in total. The molecular formula is C17H24N2O5. The van der Waals surface area contributed by atoms with Gasteiger partial charge in [-0.05, 0) is 18.4 Å². The van der Waals surface area contributed by atoms with E-state index in [0.29, 0.717) is 19.6 Å². The number of rotatable bonds is 6. The number of benzene rings is 1. The van der Waals surface area contributed by atoms with E-state index in [1.54, 1.807) is 0 Å². The molecule has 24 heavy (non-hydrogen) atoms. The highest BCUT2D eigenvalue weighted by molar-refractivity contribution is 5.68. The highest BCUT2D eigenvalue weighted by Gasteiger charge is 2.33. The Balaban J connectivity index is 1.85. The third kappa shape index (κ3) is 5.42. The molecule has 0 bridgehead atoms. The molecule has 1 aromatic carbocycles. The summed E-state index contributed by atoms with van der Waals surface area (Å²) in [6.45, 7) is 3.31. The zero-order valence-electron chi connectivity index (χ0n) is 13.8. The van der Waals surface area contributed by atoms with Crippen LogP contribution < -0.4 is 5.32 Å². The van der Waals surface area contributed by atoms with Gasteiger partial charge in [-0.3, -0.25) is 0 Å². The minimum absolute atomic E-state index is 0.196. The third-order valence-electron chi connectivity index (χ3n) is 3.88. The Morgan fingerprint density at radius 3 is 2.75 bits per heavy atom. The molecule has 2 amide bonds. The third-order valence-corrected chi connectivity index (χ3v) is 3.88. The van der Waals surface area contributed by atoms with Crippen LogP contribution in [0.15, 0.2) is 30.3 Å². The first-order valence-corrected chi connectivity index (χ1v) is 8.16. The van der Waals surface area contributed by atoms with Gasteiger partial charge >= 0.3 is 12.2 Å². The lowest BCUT2D eigenvalue weighted by Crippen LogP contribution is -2.56. The average Bonchev–Trinajstić information content (AvgIpc) is 2.59. The second kappa shape index (κ2) is 9.12. The molecule has 0 spiro atoms. The minimum atomic E-state index is -0.967. The number of carboxylic acid groups (broad SMARTS) is 1. The highest BCUT2D eigenvalue weighted by atomic mass is 16.5. The average molecular weight is 336 g/mol. The first-order valence-electron chi connectivity index (χ1n) is 8.16. The molecule has 1 aromatic rings. The zero-order chi connectivity index (χ0) is 17.4. The van der Waals surface area contributed by atoms with E-state index in [2.05, 4.69) is 5.32 Å². The molecule has 2 unspecified atom stereocenters. The van der Waals surface area contributed by atoms with Gasteiger partial charge in [0.2, 0.25) is 0 Å². The van der Waals surface area contributed by atoms with Gasteiger partial charge in [0.25, 0.3) is 0 Å². The van der Waals surface area contributed by atoms with Gasteiger partial charge in [-0.15, -0.1) is 0 Å². The molecule has 7 nitrogen and oxygen atoms in total. The summed E-state index contributed by atoms with van der Waals surface area (Å²) >= 11 is 0. The van der Waals surface area contributed by atoms with Crippen molar-refractivity contribution >= 4 is 12.2 Å². The Kier molecular flexibility index (Phi) is 6.87. The van der Waals surface area contributed by atoms with E-state index >= 15 is 0 Å². The number of carbonyl (C=O) groups excluding carboxylic acids is 1. The molecule has 1 heterocycles. The van der Waals surface area contributed by atoms with Crippen LogP contribution in [0.1, 0.15) is 25.3 Å². The van der Waals surface area contributed by atoms with E-state index in [-0.39, 0.29) is 25.3 Å². The van der Waals surface area contributed by atoms with Crippen molar-refractivity contribution in [2.75, 3.05) is 19.7 Å². The maximum atomic E-state index is 12.0. The van der Waals surface area contributed by atoms with Crippen molar-refractivity contribution in [1.29, 1.82) is 0 Å². The quantitative estimate of drug-likeness (QED) is 0.833. The van der Waals surface area contributed by atoms with Crippen LogP contribution in [0.3, 0.4) is 0 Å². The van der Waals surface area contributed by atoms with E-state index in [4.69, 9.17) is 14.6 Å². The molecule has 7 heteroatoms. The molecule has 0 saturated carbocycles. The fourth-order valence-corrected chi connectivity index (χ4v) is 2.61. The highest BCUT2D eigenvalue weighted by Crippen LogP contribution is 2.15. The molecule has 0 aliphatic carbocycles. The second-order valence-corrected chi connectivity index (χ2v) is 5.74. The molecule has 0 radical (unpaired) electrons. The van der Waals surface area contributed by atoms with Crippen LogP contribution in [0.4, 0.5) is 9.59 Å². The molecule has 132 valence electrons. The molecule has 1 fully saturated rings. The summed E-state index contributed by atoms with van der Waals surface area (Å²) in [5.74, 6) is 0. The first kappa shape index (κ1) is 18.1. The van der Waals surface area contributed by atoms with Gasteiger partial charge in [-0.2, -0.15) is 0 Å². The number of hydrogen-bond acceptors (Lipinski definition) is 4. The largest absolute Gasteiger partial charge is 0.465 e. The Hall–Kier alpha value is -2.28. The fraction of sp³-hybridized carbons (Fsp3) is 0.529. The number of ether oxygens (including phenoxy) is 2. The maximum Gasteiger partial charge on any atom is 0.407 e. The van der Waals surface area contributed by atoms with E-state index in [9.17, 15) is 9.59 Å². The van der Waals surface area contributed by atoms with Crippen LogP contribution in [0, 0.1) is 0 Å². The lowest BCUT2D eigenvalue weighted by Gasteiger charge is -2.37. The smallest absolute Gasteiger partial charge is 0.407 e. The van der Waals surface area contributed by atoms with Gasteiger partial charge in [0, 0.05) is 13.2 Å². The number of nitrogens with zero attached hydrogens (tertiary/aromatic N) is 1. The minimum Gasteiger partial charge on any atom is -0.465 e. The van der Waals surface area contributed by atoms with Gasteiger partial charge in [0.1, 0.15) is 6.61 Å². The van der Waals surface area contributed by atoms with Crippen molar-refractivity contribution in [3.63, 3.8) is 0 Å². The molecular weight excluding hydrogens is 312 g/mol. The van der Waals surface area contributed by atoms with Crippen LogP contribution in [-0.4, -0.2) is 54.0 Å². The normalized spacial score (nSPS) is 20.5. The lowest BCUT2D eigenvalue weighted by molar-refractivity contribution is -0.0175. The van der Waals surface area contributed by atoms with Crippen molar-refractivity contribution in [2.45, 2.75) is 38.5 Å². The van der Waals surface area contributed by atoms with Gasteiger partial charge in [0.15, 0.2) is 0 Å². The Bertz CT molecular complexity index is 537. The molecule has 2 rings (SSSR count). The van der Waals surface area contributed by atoms with Crippen LogP contribution >= 0.6 is 0 Å². The predicted molar refractivity (Wildman–Crippen MR) is 87.8 cm³/mol.